The summed E-state index contributed by atoms with van der Waals surface area (Å²) in [5.41, 5.74) is 7.09. The molecule has 1 aromatic heterocycles. The molecule has 0 aliphatic carbocycles. The summed E-state index contributed by atoms with van der Waals surface area (Å²) >= 11 is 2.38. The second kappa shape index (κ2) is 10.3. The van der Waals surface area contributed by atoms with Crippen molar-refractivity contribution >= 4 is 34.4 Å². The molecule has 1 saturated heterocycles. The van der Waals surface area contributed by atoms with Gasteiger partial charge in [0.05, 0.1) is 9.26 Å². The molecule has 1 N–H and O–H groups in total. The Balaban J connectivity index is 1.39. The number of piperidine rings is 1. The quantitative estimate of drug-likeness (QED) is 0.411. The van der Waals surface area contributed by atoms with E-state index >= 15 is 0 Å². The van der Waals surface area contributed by atoms with E-state index in [9.17, 15) is 4.79 Å². The molecular weight excluding hydrogens is 513 g/mol. The topological polar surface area (TPSA) is 54.5 Å². The van der Waals surface area contributed by atoms with Crippen LogP contribution in [0.25, 0.3) is 11.1 Å². The maximum Gasteiger partial charge on any atom is 0.407 e. The highest BCUT2D eigenvalue weighted by atomic mass is 127. The number of hydrogen-bond acceptors (Lipinski definition) is 4. The van der Waals surface area contributed by atoms with Crippen molar-refractivity contribution in [3.63, 3.8) is 0 Å². The number of halogens is 1. The van der Waals surface area contributed by atoms with Crippen molar-refractivity contribution in [1.29, 1.82) is 0 Å². The lowest BCUT2D eigenvalue weighted by molar-refractivity contribution is 0.134. The van der Waals surface area contributed by atoms with Crippen molar-refractivity contribution in [3.8, 4) is 11.1 Å². The van der Waals surface area contributed by atoms with E-state index < -0.39 is 0 Å². The fourth-order valence-electron chi connectivity index (χ4n) is 4.27. The third-order valence-corrected chi connectivity index (χ3v) is 6.54. The summed E-state index contributed by atoms with van der Waals surface area (Å²) in [6.45, 7) is 6.31. The lowest BCUT2D eigenvalue weighted by atomic mass is 9.98. The molecule has 2 aromatic carbocycles. The van der Waals surface area contributed by atoms with E-state index in [2.05, 4.69) is 69.8 Å². The number of nitrogens with one attached hydrogen (secondary N) is 1. The Morgan fingerprint density at radius 3 is 2.47 bits per heavy atom. The first-order valence-corrected chi connectivity index (χ1v) is 12.0. The fourth-order valence-corrected chi connectivity index (χ4v) is 5.06. The fraction of sp³-hybridized carbons (Fsp3) is 0.308. The highest BCUT2D eigenvalue weighted by Gasteiger charge is 2.25. The summed E-state index contributed by atoms with van der Waals surface area (Å²) in [4.78, 5) is 19.1. The van der Waals surface area contributed by atoms with Gasteiger partial charge in [-0.25, -0.2) is 4.79 Å². The third kappa shape index (κ3) is 5.59. The Labute approximate surface area is 203 Å². The maximum atomic E-state index is 12.2. The van der Waals surface area contributed by atoms with Crippen LogP contribution in [0.3, 0.4) is 0 Å². The van der Waals surface area contributed by atoms with Gasteiger partial charge in [-0.05, 0) is 60.4 Å². The monoisotopic (exact) mass is 541 g/mol. The minimum atomic E-state index is -0.346. The van der Waals surface area contributed by atoms with Crippen molar-refractivity contribution < 1.29 is 9.53 Å². The average molecular weight is 541 g/mol. The van der Waals surface area contributed by atoms with Gasteiger partial charge in [0.1, 0.15) is 6.61 Å². The van der Waals surface area contributed by atoms with Gasteiger partial charge in [0.2, 0.25) is 0 Å². The van der Waals surface area contributed by atoms with Crippen LogP contribution >= 0.6 is 22.6 Å². The molecule has 0 radical (unpaired) electrons. The summed E-state index contributed by atoms with van der Waals surface area (Å²) in [6, 6.07) is 16.5. The molecule has 1 aliphatic heterocycles. The molecule has 6 heteroatoms. The summed E-state index contributed by atoms with van der Waals surface area (Å²) in [7, 11) is 0. The van der Waals surface area contributed by atoms with Crippen LogP contribution in [-0.2, 0) is 11.3 Å². The smallest absolute Gasteiger partial charge is 0.407 e. The number of pyridine rings is 1. The van der Waals surface area contributed by atoms with Crippen molar-refractivity contribution in [2.75, 3.05) is 18.0 Å². The van der Waals surface area contributed by atoms with Crippen LogP contribution in [0.1, 0.15) is 29.5 Å². The van der Waals surface area contributed by atoms with Crippen molar-refractivity contribution in [3.05, 3.63) is 81.2 Å². The Morgan fingerprint density at radius 2 is 1.78 bits per heavy atom. The minimum Gasteiger partial charge on any atom is -0.445 e. The molecule has 32 heavy (non-hydrogen) atoms. The number of aryl methyl sites for hydroxylation is 2. The molecule has 1 amide bonds. The van der Waals surface area contributed by atoms with E-state index in [0.717, 1.165) is 40.6 Å². The van der Waals surface area contributed by atoms with Crippen LogP contribution in [0.2, 0.25) is 0 Å². The van der Waals surface area contributed by atoms with Crippen LogP contribution in [0.15, 0.2) is 60.9 Å². The van der Waals surface area contributed by atoms with Gasteiger partial charge < -0.3 is 15.0 Å². The first kappa shape index (κ1) is 22.6. The summed E-state index contributed by atoms with van der Waals surface area (Å²) in [5.74, 6) is 0. The van der Waals surface area contributed by atoms with Gasteiger partial charge in [0.15, 0.2) is 0 Å². The number of amides is 1. The van der Waals surface area contributed by atoms with Gasteiger partial charge >= 0.3 is 6.09 Å². The number of rotatable bonds is 5. The molecule has 0 saturated carbocycles. The molecule has 2 heterocycles. The van der Waals surface area contributed by atoms with Crippen LogP contribution in [0, 0.1) is 17.4 Å². The van der Waals surface area contributed by atoms with Crippen LogP contribution in [-0.4, -0.2) is 30.2 Å². The molecule has 0 spiro atoms. The number of carbonyl (C=O) groups excluding carboxylic acids is 1. The largest absolute Gasteiger partial charge is 0.445 e. The van der Waals surface area contributed by atoms with E-state index in [1.807, 2.05) is 42.7 Å². The second-order valence-corrected chi connectivity index (χ2v) is 9.52. The zero-order chi connectivity index (χ0) is 22.5. The summed E-state index contributed by atoms with van der Waals surface area (Å²) in [5, 5.41) is 3.03. The molecule has 0 atom stereocenters. The van der Waals surface area contributed by atoms with E-state index in [1.54, 1.807) is 0 Å². The number of alkyl carbamates (subject to hydrolysis) is 1. The number of anilines is 1. The van der Waals surface area contributed by atoms with Crippen molar-refractivity contribution in [2.45, 2.75) is 39.3 Å². The molecule has 3 aromatic rings. The molecule has 5 nitrogen and oxygen atoms in total. The lowest BCUT2D eigenvalue weighted by Gasteiger charge is -2.35. The summed E-state index contributed by atoms with van der Waals surface area (Å²) < 4.78 is 6.53. The van der Waals surface area contributed by atoms with Gasteiger partial charge in [-0.2, -0.15) is 0 Å². The first-order chi connectivity index (χ1) is 15.5. The predicted molar refractivity (Wildman–Crippen MR) is 137 cm³/mol. The zero-order valence-corrected chi connectivity index (χ0v) is 20.6. The SMILES string of the molecule is Cc1cc(C)cc(-c2cncc(I)c2N2CCC(NC(=O)OCc3ccccc3)CC2)c1. The molecule has 1 aliphatic rings. The Bertz CT molecular complexity index is 1060. The molecule has 0 bridgehead atoms. The summed E-state index contributed by atoms with van der Waals surface area (Å²) in [6.07, 6.45) is 5.31. The van der Waals surface area contributed by atoms with E-state index in [0.29, 0.717) is 6.61 Å². The Kier molecular flexibility index (Phi) is 7.29. The van der Waals surface area contributed by atoms with Crippen molar-refractivity contribution in [1.82, 2.24) is 10.3 Å². The van der Waals surface area contributed by atoms with Crippen molar-refractivity contribution in [2.24, 2.45) is 0 Å². The molecule has 1 fully saturated rings. The maximum absolute atomic E-state index is 12.2. The standard InChI is InChI=1S/C26H28IN3O2/c1-18-12-19(2)14-21(13-18)23-15-28-16-24(27)25(23)30-10-8-22(9-11-30)29-26(31)32-17-20-6-4-3-5-7-20/h3-7,12-16,22H,8-11,17H2,1-2H3,(H,29,31). The first-order valence-electron chi connectivity index (χ1n) is 10.9. The number of ether oxygens (including phenoxy) is 1. The highest BCUT2D eigenvalue weighted by molar-refractivity contribution is 14.1. The van der Waals surface area contributed by atoms with Gasteiger partial charge in [-0.1, -0.05) is 59.7 Å². The van der Waals surface area contributed by atoms with Crippen LogP contribution < -0.4 is 10.2 Å². The van der Waals surface area contributed by atoms with Gasteiger partial charge in [-0.15, -0.1) is 0 Å². The number of aromatic nitrogens is 1. The van der Waals surface area contributed by atoms with E-state index in [4.69, 9.17) is 4.74 Å². The van der Waals surface area contributed by atoms with Gasteiger partial charge in [-0.3, -0.25) is 4.98 Å². The Morgan fingerprint density at radius 1 is 1.09 bits per heavy atom. The van der Waals surface area contributed by atoms with Crippen LogP contribution in [0.4, 0.5) is 10.5 Å². The second-order valence-electron chi connectivity index (χ2n) is 8.36. The van der Waals surface area contributed by atoms with Gasteiger partial charge in [0, 0.05) is 37.1 Å². The Hall–Kier alpha value is -2.61. The lowest BCUT2D eigenvalue weighted by Crippen LogP contribution is -2.45. The number of benzene rings is 2. The number of hydrogen-bond donors (Lipinski definition) is 1. The average Bonchev–Trinajstić information content (AvgIpc) is 2.78. The number of carbonyl (C=O) groups is 1. The minimum absolute atomic E-state index is 0.124. The normalized spacial score (nSPS) is 14.3. The molecule has 0 unspecified atom stereocenters. The number of nitrogens with zero attached hydrogens (tertiary/aromatic N) is 2. The molecular formula is C26H28IN3O2. The third-order valence-electron chi connectivity index (χ3n) is 5.75. The van der Waals surface area contributed by atoms with Crippen LogP contribution in [0.5, 0.6) is 0 Å². The zero-order valence-electron chi connectivity index (χ0n) is 18.5. The highest BCUT2D eigenvalue weighted by Crippen LogP contribution is 2.36. The van der Waals surface area contributed by atoms with Gasteiger partial charge in [0.25, 0.3) is 0 Å². The van der Waals surface area contributed by atoms with E-state index in [-0.39, 0.29) is 12.1 Å². The van der Waals surface area contributed by atoms with E-state index in [1.165, 1.54) is 22.4 Å². The predicted octanol–water partition coefficient (Wildman–Crippen LogP) is 5.87. The molecule has 4 rings (SSSR count). The molecule has 166 valence electrons.